The van der Waals surface area contributed by atoms with Gasteiger partial charge in [0.2, 0.25) is 5.88 Å². The summed E-state index contributed by atoms with van der Waals surface area (Å²) in [5.41, 5.74) is 19.8. The Morgan fingerprint density at radius 2 is 0.682 bits per heavy atom. The molecule has 0 aliphatic carbocycles. The van der Waals surface area contributed by atoms with Crippen molar-refractivity contribution in [3.8, 4) is 0 Å². The summed E-state index contributed by atoms with van der Waals surface area (Å²) >= 11 is 3.59. The van der Waals surface area contributed by atoms with Crippen LogP contribution in [0.1, 0.15) is 46.4 Å². The molecule has 13 aromatic carbocycles. The number of para-hydroxylation sites is 11. The van der Waals surface area contributed by atoms with Gasteiger partial charge in [0.15, 0.2) is 0 Å². The van der Waals surface area contributed by atoms with Gasteiger partial charge in [0, 0.05) is 94.8 Å². The fourth-order valence-corrected chi connectivity index (χ4v) is 14.7. The molecule has 107 heavy (non-hydrogen) atoms. The molecule has 0 spiro atoms. The Morgan fingerprint density at radius 1 is 0.290 bits per heavy atom. The minimum Gasteiger partial charge on any atom is -0.456 e. The smallest absolute Gasteiger partial charge is 0.204 e. The maximum atomic E-state index is 5.98. The number of benzene rings is 13. The fraction of sp³-hybridized carbons (Fsp3) is 0.0816. The molecule has 0 fully saturated rings. The number of thiophene rings is 2. The van der Waals surface area contributed by atoms with Gasteiger partial charge >= 0.3 is 0 Å². The lowest BCUT2D eigenvalue weighted by molar-refractivity contribution is 0.541. The monoisotopic (exact) mass is 1430 g/mol. The number of furan rings is 2. The van der Waals surface area contributed by atoms with E-state index in [2.05, 4.69) is 367 Å². The van der Waals surface area contributed by atoms with Crippen LogP contribution >= 0.6 is 22.7 Å². The third-order valence-corrected chi connectivity index (χ3v) is 19.7. The topological polar surface area (TPSA) is 42.5 Å². The summed E-state index contributed by atoms with van der Waals surface area (Å²) in [6, 6.07) is 136. The number of nitrogens with zero attached hydrogens (tertiary/aromatic N) is 5. The third-order valence-electron chi connectivity index (χ3n) is 17.9. The van der Waals surface area contributed by atoms with E-state index in [1.807, 2.05) is 103 Å². The van der Waals surface area contributed by atoms with Crippen LogP contribution in [0.15, 0.2) is 409 Å². The summed E-state index contributed by atoms with van der Waals surface area (Å²) in [4.78, 5) is 14.0. The predicted octanol–water partition coefficient (Wildman–Crippen LogP) is 30.0. The highest BCUT2D eigenvalue weighted by Gasteiger charge is 2.20. The van der Waals surface area contributed by atoms with Crippen LogP contribution in [-0.4, -0.2) is 0 Å². The summed E-state index contributed by atoms with van der Waals surface area (Å²) in [6.07, 6.45) is 3.60. The molecule has 17 rings (SSSR count). The molecule has 0 N–H and O–H groups in total. The SMILES string of the molecule is CCCCc1cc(C)cc(N(c2ccccc2)c2ccccc2)c1.Cc1cc(N(c2ccccc2)c2ccccc2)c(C)s1.Cc1ccc(N(c2ccccc2)c2ccccc2)o1.c1ccc(N(c2ccccc2)c2ccc3oc4ccccc4c3c2)cc1.c1ccc(N(c2ccccc2)c2cccs2)cc1. The highest BCUT2D eigenvalue weighted by Crippen LogP contribution is 2.43. The van der Waals surface area contributed by atoms with E-state index in [1.165, 1.54) is 84.2 Å². The van der Waals surface area contributed by atoms with Crippen LogP contribution in [0, 0.1) is 27.7 Å². The van der Waals surface area contributed by atoms with E-state index in [4.69, 9.17) is 8.83 Å². The van der Waals surface area contributed by atoms with Crippen LogP contribution in [0.3, 0.4) is 0 Å². The first-order valence-corrected chi connectivity index (χ1v) is 38.1. The molecule has 0 saturated carbocycles. The number of hydrogen-bond donors (Lipinski definition) is 0. The molecule has 0 radical (unpaired) electrons. The van der Waals surface area contributed by atoms with Crippen molar-refractivity contribution >= 4 is 129 Å². The molecule has 4 aromatic heterocycles. The lowest BCUT2D eigenvalue weighted by Crippen LogP contribution is -2.10. The number of hydrogen-bond acceptors (Lipinski definition) is 9. The van der Waals surface area contributed by atoms with Gasteiger partial charge in [-0.3, -0.25) is 4.90 Å². The van der Waals surface area contributed by atoms with Crippen molar-refractivity contribution in [3.05, 3.63) is 426 Å². The molecule has 7 nitrogen and oxygen atoms in total. The lowest BCUT2D eigenvalue weighted by atomic mass is 10.0. The minimum atomic E-state index is 0.829. The van der Waals surface area contributed by atoms with Gasteiger partial charge in [-0.05, 0) is 239 Å². The molecule has 0 unspecified atom stereocenters. The largest absolute Gasteiger partial charge is 0.456 e. The third kappa shape index (κ3) is 18.8. The van der Waals surface area contributed by atoms with Crippen molar-refractivity contribution < 1.29 is 8.83 Å². The van der Waals surface area contributed by atoms with Gasteiger partial charge in [-0.25, -0.2) is 0 Å². The number of aryl methyl sites for hydroxylation is 5. The van der Waals surface area contributed by atoms with Crippen LogP contribution in [0.2, 0.25) is 0 Å². The fourth-order valence-electron chi connectivity index (χ4n) is 13.0. The second-order valence-corrected chi connectivity index (χ2v) is 28.1. The van der Waals surface area contributed by atoms with Gasteiger partial charge in [-0.15, -0.1) is 22.7 Å². The van der Waals surface area contributed by atoms with Gasteiger partial charge in [0.05, 0.1) is 10.7 Å². The van der Waals surface area contributed by atoms with Gasteiger partial charge in [-0.2, -0.15) is 0 Å². The summed E-state index contributed by atoms with van der Waals surface area (Å²) in [5, 5.41) is 5.61. The van der Waals surface area contributed by atoms with Crippen molar-refractivity contribution in [3.63, 3.8) is 0 Å². The van der Waals surface area contributed by atoms with E-state index in [0.29, 0.717) is 0 Å². The van der Waals surface area contributed by atoms with Gasteiger partial charge in [0.1, 0.15) is 16.9 Å². The van der Waals surface area contributed by atoms with Crippen LogP contribution in [-0.2, 0) is 6.42 Å². The van der Waals surface area contributed by atoms with Crippen molar-refractivity contribution in [1.29, 1.82) is 0 Å². The molecule has 0 amide bonds. The highest BCUT2D eigenvalue weighted by molar-refractivity contribution is 7.14. The Bertz CT molecular complexity index is 5240. The molecular weight excluding hydrogens is 1340 g/mol. The lowest BCUT2D eigenvalue weighted by Gasteiger charge is -2.26. The maximum absolute atomic E-state index is 5.98. The zero-order valence-electron chi connectivity index (χ0n) is 61.1. The van der Waals surface area contributed by atoms with Gasteiger partial charge < -0.3 is 28.4 Å². The van der Waals surface area contributed by atoms with E-state index in [9.17, 15) is 0 Å². The first kappa shape index (κ1) is 72.7. The minimum absolute atomic E-state index is 0.829. The zero-order chi connectivity index (χ0) is 73.4. The Hall–Kier alpha value is -12.7. The first-order valence-electron chi connectivity index (χ1n) is 36.4. The van der Waals surface area contributed by atoms with Gasteiger partial charge in [-0.1, -0.05) is 220 Å². The number of anilines is 15. The second-order valence-electron chi connectivity index (χ2n) is 25.7. The average molecular weight is 1430 g/mol. The standard InChI is InChI=1S/C24H17NO.C23H25N.C18H17NS.C17H15NO.C16H13NS/c1-3-9-18(10-4-1)25(19-11-5-2-6-12-19)20-15-16-24-22(17-20)21-13-7-8-14-23(21)26-24;1-3-4-11-20-16-19(2)17-23(18-20)24(21-12-7-5-8-13-21)22-14-9-6-10-15-22;1-14-13-18(15(2)20-14)19(16-9-5-3-6-10-16)17-11-7-4-8-12-17;1-14-12-13-17(19-14)18(15-8-4-2-5-9-15)16-10-6-3-7-11-16;1-3-8-14(9-4-1)17(16-12-7-13-18-16)15-10-5-2-6-11-15/h1-17H;5-10,12-18H,3-4,11H2,1-2H3;3-13H,1-2H3;2-13H,1H3;1-13H. The van der Waals surface area contributed by atoms with E-state index in [1.54, 1.807) is 11.3 Å². The van der Waals surface area contributed by atoms with E-state index < -0.39 is 0 Å². The molecule has 17 aromatic rings. The van der Waals surface area contributed by atoms with Crippen LogP contribution in [0.5, 0.6) is 0 Å². The summed E-state index contributed by atoms with van der Waals surface area (Å²) in [5.74, 6) is 1.74. The molecule has 4 heterocycles. The Kier molecular flexibility index (Phi) is 24.9. The van der Waals surface area contributed by atoms with E-state index in [0.717, 1.165) is 68.4 Å². The summed E-state index contributed by atoms with van der Waals surface area (Å²) < 4.78 is 11.8. The molecule has 0 aliphatic heterocycles. The first-order chi connectivity index (χ1) is 52.7. The zero-order valence-corrected chi connectivity index (χ0v) is 62.7. The molecule has 0 saturated heterocycles. The number of fused-ring (bicyclic) bond motifs is 3. The molecular formula is C98H87N5O2S2. The second kappa shape index (κ2) is 36.7. The van der Waals surface area contributed by atoms with E-state index in [-0.39, 0.29) is 0 Å². The van der Waals surface area contributed by atoms with Crippen molar-refractivity contribution in [2.45, 2.75) is 53.9 Å². The summed E-state index contributed by atoms with van der Waals surface area (Å²) in [6.45, 7) is 10.7. The van der Waals surface area contributed by atoms with Gasteiger partial charge in [0.25, 0.3) is 0 Å². The molecule has 0 bridgehead atoms. The van der Waals surface area contributed by atoms with Crippen molar-refractivity contribution in [2.75, 3.05) is 24.5 Å². The van der Waals surface area contributed by atoms with Crippen LogP contribution in [0.4, 0.5) is 84.8 Å². The Labute approximate surface area is 638 Å². The molecule has 9 heteroatoms. The number of unbranched alkanes of at least 4 members (excludes halogenated alkanes) is 1. The maximum Gasteiger partial charge on any atom is 0.204 e. The van der Waals surface area contributed by atoms with Crippen LogP contribution < -0.4 is 24.5 Å². The Morgan fingerprint density at radius 3 is 1.07 bits per heavy atom. The average Bonchev–Trinajstić information content (AvgIpc) is 1.67. The Balaban J connectivity index is 0.000000119. The van der Waals surface area contributed by atoms with Crippen LogP contribution in [0.25, 0.3) is 21.9 Å². The van der Waals surface area contributed by atoms with Crippen molar-refractivity contribution in [1.82, 2.24) is 0 Å². The quantitative estimate of drug-likeness (QED) is 0.0848. The summed E-state index contributed by atoms with van der Waals surface area (Å²) in [7, 11) is 0. The predicted molar refractivity (Wildman–Crippen MR) is 458 cm³/mol. The molecule has 0 aliphatic rings. The highest BCUT2D eigenvalue weighted by atomic mass is 32.1. The van der Waals surface area contributed by atoms with E-state index >= 15 is 0 Å². The normalized spacial score (nSPS) is 10.6. The number of rotatable bonds is 18. The van der Waals surface area contributed by atoms with Crippen molar-refractivity contribution in [2.24, 2.45) is 0 Å². The molecule has 528 valence electrons. The molecule has 0 atom stereocenters.